The van der Waals surface area contributed by atoms with Gasteiger partial charge in [0.2, 0.25) is 15.9 Å². The van der Waals surface area contributed by atoms with Crippen LogP contribution < -0.4 is 0 Å². The lowest BCUT2D eigenvalue weighted by molar-refractivity contribution is -0.384. The molecule has 0 aliphatic carbocycles. The van der Waals surface area contributed by atoms with Crippen molar-refractivity contribution in [1.82, 2.24) is 9.21 Å². The lowest BCUT2D eigenvalue weighted by Gasteiger charge is -2.30. The van der Waals surface area contributed by atoms with Crippen molar-refractivity contribution in [2.24, 2.45) is 0 Å². The van der Waals surface area contributed by atoms with Gasteiger partial charge >= 0.3 is 0 Å². The minimum atomic E-state index is -4.24. The van der Waals surface area contributed by atoms with Crippen molar-refractivity contribution in [3.8, 4) is 0 Å². The summed E-state index contributed by atoms with van der Waals surface area (Å²) in [4.78, 5) is 25.3. The van der Waals surface area contributed by atoms with E-state index in [4.69, 9.17) is 16.0 Å². The van der Waals surface area contributed by atoms with Gasteiger partial charge in [-0.1, -0.05) is 48.9 Å². The highest BCUT2D eigenvalue weighted by Crippen LogP contribution is 2.29. The van der Waals surface area contributed by atoms with Gasteiger partial charge < -0.3 is 9.32 Å². The van der Waals surface area contributed by atoms with Crippen molar-refractivity contribution in [1.29, 1.82) is 0 Å². The van der Waals surface area contributed by atoms with E-state index >= 15 is 0 Å². The van der Waals surface area contributed by atoms with Gasteiger partial charge in [-0.15, -0.1) is 0 Å². The van der Waals surface area contributed by atoms with Gasteiger partial charge in [0.05, 0.1) is 29.2 Å². The van der Waals surface area contributed by atoms with Crippen molar-refractivity contribution in [3.63, 3.8) is 0 Å². The maximum Gasteiger partial charge on any atom is 0.289 e. The van der Waals surface area contributed by atoms with Gasteiger partial charge in [-0.3, -0.25) is 14.9 Å². The summed E-state index contributed by atoms with van der Waals surface area (Å²) >= 11 is 5.87. The summed E-state index contributed by atoms with van der Waals surface area (Å²) in [5, 5.41) is 11.1. The smallest absolute Gasteiger partial charge is 0.289 e. The Kier molecular flexibility index (Phi) is 9.25. The highest BCUT2D eigenvalue weighted by Gasteiger charge is 2.33. The van der Waals surface area contributed by atoms with Gasteiger partial charge in [0.25, 0.3) is 5.69 Å². The zero-order chi connectivity index (χ0) is 26.3. The standard InChI is InChI=1S/C25H28ClN3O6S/c1-3-19(2)28(36(33,34)22-11-12-23(26)24(16-22)29(31)32)18-25(30)27(17-21-10-7-15-35-21)14-13-20-8-5-4-6-9-20/h4-12,15-16,19H,3,13-14,17-18H2,1-2H3. The summed E-state index contributed by atoms with van der Waals surface area (Å²) in [6, 6.07) is 15.9. The second-order valence-corrected chi connectivity index (χ2v) is 10.6. The van der Waals surface area contributed by atoms with Gasteiger partial charge in [-0.05, 0) is 49.6 Å². The van der Waals surface area contributed by atoms with E-state index in [0.717, 1.165) is 15.9 Å². The van der Waals surface area contributed by atoms with E-state index < -0.39 is 39.1 Å². The average Bonchev–Trinajstić information content (AvgIpc) is 3.38. The predicted octanol–water partition coefficient (Wildman–Crippen LogP) is 4.90. The minimum absolute atomic E-state index is 0.171. The molecule has 1 aromatic heterocycles. The molecule has 0 saturated heterocycles. The summed E-state index contributed by atoms with van der Waals surface area (Å²) in [6.07, 6.45) is 2.52. The van der Waals surface area contributed by atoms with E-state index in [2.05, 4.69) is 0 Å². The number of carbonyl (C=O) groups is 1. The molecule has 9 nitrogen and oxygen atoms in total. The van der Waals surface area contributed by atoms with Gasteiger partial charge in [-0.25, -0.2) is 8.42 Å². The van der Waals surface area contributed by atoms with Gasteiger partial charge in [0.1, 0.15) is 10.8 Å². The van der Waals surface area contributed by atoms with Gasteiger partial charge in [0, 0.05) is 18.7 Å². The van der Waals surface area contributed by atoms with Crippen LogP contribution in [0, 0.1) is 10.1 Å². The van der Waals surface area contributed by atoms with Crippen molar-refractivity contribution >= 4 is 33.2 Å². The SMILES string of the molecule is CCC(C)N(CC(=O)N(CCc1ccccc1)Cc1ccco1)S(=O)(=O)c1ccc(Cl)c([N+](=O)[O-])c1. The van der Waals surface area contributed by atoms with Crippen LogP contribution in [0.15, 0.2) is 76.2 Å². The number of hydrogen-bond donors (Lipinski definition) is 0. The maximum atomic E-state index is 13.5. The molecular formula is C25H28ClN3O6S. The molecule has 0 bridgehead atoms. The molecule has 1 heterocycles. The lowest BCUT2D eigenvalue weighted by Crippen LogP contribution is -2.46. The van der Waals surface area contributed by atoms with Crippen molar-refractivity contribution < 1.29 is 22.6 Å². The Morgan fingerprint density at radius 2 is 1.86 bits per heavy atom. The van der Waals surface area contributed by atoms with Gasteiger partial charge in [0.15, 0.2) is 0 Å². The molecule has 2 aromatic carbocycles. The quantitative estimate of drug-likeness (QED) is 0.241. The van der Waals surface area contributed by atoms with Crippen molar-refractivity contribution in [2.75, 3.05) is 13.1 Å². The van der Waals surface area contributed by atoms with Crippen LogP contribution in [0.2, 0.25) is 5.02 Å². The third-order valence-electron chi connectivity index (χ3n) is 5.89. The van der Waals surface area contributed by atoms with E-state index in [1.807, 2.05) is 30.3 Å². The second-order valence-electron chi connectivity index (χ2n) is 8.31. The highest BCUT2D eigenvalue weighted by molar-refractivity contribution is 7.89. The molecule has 0 spiro atoms. The third kappa shape index (κ3) is 6.71. The molecule has 36 heavy (non-hydrogen) atoms. The number of amides is 1. The van der Waals surface area contributed by atoms with E-state index in [9.17, 15) is 23.3 Å². The van der Waals surface area contributed by atoms with Crippen LogP contribution in [-0.4, -0.2) is 47.6 Å². The van der Waals surface area contributed by atoms with Crippen LogP contribution in [0.1, 0.15) is 31.6 Å². The first-order chi connectivity index (χ1) is 17.1. The van der Waals surface area contributed by atoms with Gasteiger partial charge in [-0.2, -0.15) is 4.31 Å². The topological polar surface area (TPSA) is 114 Å². The van der Waals surface area contributed by atoms with Crippen molar-refractivity contribution in [3.05, 3.63) is 93.4 Å². The second kappa shape index (κ2) is 12.2. The van der Waals surface area contributed by atoms with Crippen LogP contribution >= 0.6 is 11.6 Å². The van der Waals surface area contributed by atoms with E-state index in [1.54, 1.807) is 30.9 Å². The Labute approximate surface area is 215 Å². The van der Waals surface area contributed by atoms with Crippen LogP contribution in [0.4, 0.5) is 5.69 Å². The largest absolute Gasteiger partial charge is 0.467 e. The number of furan rings is 1. The van der Waals surface area contributed by atoms with Crippen LogP contribution in [-0.2, 0) is 27.8 Å². The first-order valence-electron chi connectivity index (χ1n) is 11.4. The van der Waals surface area contributed by atoms with Crippen LogP contribution in [0.25, 0.3) is 0 Å². The maximum absolute atomic E-state index is 13.5. The van der Waals surface area contributed by atoms with E-state index in [0.29, 0.717) is 25.1 Å². The molecule has 11 heteroatoms. The average molecular weight is 534 g/mol. The Morgan fingerprint density at radius 1 is 1.14 bits per heavy atom. The first kappa shape index (κ1) is 27.4. The number of hydrogen-bond acceptors (Lipinski definition) is 6. The predicted molar refractivity (Wildman–Crippen MR) is 136 cm³/mol. The van der Waals surface area contributed by atoms with Crippen molar-refractivity contribution in [2.45, 2.75) is 44.2 Å². The number of nitro benzene ring substituents is 1. The van der Waals surface area contributed by atoms with Crippen LogP contribution in [0.3, 0.4) is 0 Å². The summed E-state index contributed by atoms with van der Waals surface area (Å²) in [6.45, 7) is 3.60. The minimum Gasteiger partial charge on any atom is -0.467 e. The molecule has 3 rings (SSSR count). The molecule has 0 aliphatic rings. The number of benzene rings is 2. The summed E-state index contributed by atoms with van der Waals surface area (Å²) in [5.41, 5.74) is 0.519. The lowest BCUT2D eigenvalue weighted by atomic mass is 10.1. The first-order valence-corrected chi connectivity index (χ1v) is 13.2. The Morgan fingerprint density at radius 3 is 2.47 bits per heavy atom. The molecular weight excluding hydrogens is 506 g/mol. The summed E-state index contributed by atoms with van der Waals surface area (Å²) in [5.74, 6) is 0.164. The Bertz CT molecular complexity index is 1280. The molecule has 1 amide bonds. The molecule has 0 radical (unpaired) electrons. The summed E-state index contributed by atoms with van der Waals surface area (Å²) in [7, 11) is -4.24. The molecule has 0 aliphatic heterocycles. The monoisotopic (exact) mass is 533 g/mol. The molecule has 0 fully saturated rings. The fraction of sp³-hybridized carbons (Fsp3) is 0.320. The number of halogens is 1. The fourth-order valence-corrected chi connectivity index (χ4v) is 5.50. The normalized spacial score (nSPS) is 12.4. The number of carbonyl (C=O) groups excluding carboxylic acids is 1. The van der Waals surface area contributed by atoms with E-state index in [-0.39, 0.29) is 16.5 Å². The number of rotatable bonds is 12. The molecule has 0 saturated carbocycles. The molecule has 0 N–H and O–H groups in total. The zero-order valence-electron chi connectivity index (χ0n) is 20.0. The Balaban J connectivity index is 1.89. The highest BCUT2D eigenvalue weighted by atomic mass is 35.5. The molecule has 3 aromatic rings. The fourth-order valence-electron chi connectivity index (χ4n) is 3.63. The molecule has 192 valence electrons. The zero-order valence-corrected chi connectivity index (χ0v) is 21.6. The third-order valence-corrected chi connectivity index (χ3v) is 8.16. The summed E-state index contributed by atoms with van der Waals surface area (Å²) < 4.78 is 33.6. The molecule has 1 unspecified atom stereocenters. The Hall–Kier alpha value is -3.21. The van der Waals surface area contributed by atoms with Crippen LogP contribution in [0.5, 0.6) is 0 Å². The number of nitro groups is 1. The van der Waals surface area contributed by atoms with E-state index in [1.165, 1.54) is 18.4 Å². The number of sulfonamides is 1. The number of nitrogens with zero attached hydrogens (tertiary/aromatic N) is 3. The molecule has 1 atom stereocenters.